The van der Waals surface area contributed by atoms with E-state index in [9.17, 15) is 0 Å². The Labute approximate surface area is 118 Å². The summed E-state index contributed by atoms with van der Waals surface area (Å²) in [5.41, 5.74) is 2.45. The lowest BCUT2D eigenvalue weighted by Gasteiger charge is -2.24. The summed E-state index contributed by atoms with van der Waals surface area (Å²) in [7, 11) is 4.16. The van der Waals surface area contributed by atoms with Gasteiger partial charge in [-0.2, -0.15) is 5.10 Å². The van der Waals surface area contributed by atoms with Crippen molar-refractivity contribution in [3.05, 3.63) is 15.9 Å². The van der Waals surface area contributed by atoms with Gasteiger partial charge in [0.05, 0.1) is 15.9 Å². The quantitative estimate of drug-likeness (QED) is 0.868. The third kappa shape index (κ3) is 2.97. The summed E-state index contributed by atoms with van der Waals surface area (Å²) < 4.78 is 3.24. The lowest BCUT2D eigenvalue weighted by atomic mass is 9.90. The Hall–Kier alpha value is -0.350. The van der Waals surface area contributed by atoms with Crippen LogP contribution in [0.1, 0.15) is 43.5 Å². The molecule has 2 rings (SSSR count). The van der Waals surface area contributed by atoms with Crippen LogP contribution in [0.3, 0.4) is 0 Å². The number of rotatable bonds is 3. The molecule has 1 aliphatic carbocycles. The van der Waals surface area contributed by atoms with Crippen LogP contribution >= 0.6 is 15.9 Å². The minimum Gasteiger partial charge on any atom is -0.317 e. The van der Waals surface area contributed by atoms with Gasteiger partial charge in [0.1, 0.15) is 0 Å². The van der Waals surface area contributed by atoms with Crippen molar-refractivity contribution in [3.63, 3.8) is 0 Å². The second-order valence-corrected chi connectivity index (χ2v) is 6.26. The largest absolute Gasteiger partial charge is 0.317 e. The number of aromatic nitrogens is 2. The van der Waals surface area contributed by atoms with Crippen molar-refractivity contribution in [2.75, 3.05) is 7.05 Å². The highest BCUT2D eigenvalue weighted by Gasteiger charge is 2.25. The van der Waals surface area contributed by atoms with Gasteiger partial charge in [-0.25, -0.2) is 0 Å². The first-order chi connectivity index (χ1) is 8.63. The van der Waals surface area contributed by atoms with Crippen LogP contribution in [-0.2, 0) is 13.5 Å². The summed E-state index contributed by atoms with van der Waals surface area (Å²) in [6.07, 6.45) is 7.91. The SMILES string of the molecule is CNC1CCCCCC1Cc1c(Br)c(C)nn1C. The van der Waals surface area contributed by atoms with E-state index < -0.39 is 0 Å². The van der Waals surface area contributed by atoms with Gasteiger partial charge in [0.15, 0.2) is 0 Å². The summed E-state index contributed by atoms with van der Waals surface area (Å²) in [6, 6.07) is 0.662. The van der Waals surface area contributed by atoms with Gasteiger partial charge in [0.2, 0.25) is 0 Å². The fourth-order valence-corrected chi connectivity index (χ4v) is 3.66. The molecule has 1 N–H and O–H groups in total. The van der Waals surface area contributed by atoms with E-state index in [0.29, 0.717) is 6.04 Å². The van der Waals surface area contributed by atoms with Crippen LogP contribution in [0.15, 0.2) is 4.47 Å². The molecule has 1 heterocycles. The number of nitrogens with zero attached hydrogens (tertiary/aromatic N) is 2. The number of nitrogens with one attached hydrogen (secondary N) is 1. The number of hydrogen-bond acceptors (Lipinski definition) is 2. The topological polar surface area (TPSA) is 29.9 Å². The molecule has 1 aliphatic rings. The van der Waals surface area contributed by atoms with Crippen LogP contribution in [0.2, 0.25) is 0 Å². The lowest BCUT2D eigenvalue weighted by Crippen LogP contribution is -2.34. The maximum atomic E-state index is 4.50. The van der Waals surface area contributed by atoms with Crippen LogP contribution in [0.25, 0.3) is 0 Å². The molecule has 2 atom stereocenters. The Morgan fingerprint density at radius 1 is 1.33 bits per heavy atom. The Kier molecular flexibility index (Phi) is 4.84. The number of halogens is 1. The van der Waals surface area contributed by atoms with E-state index >= 15 is 0 Å². The zero-order valence-corrected chi connectivity index (χ0v) is 13.3. The van der Waals surface area contributed by atoms with Crippen molar-refractivity contribution >= 4 is 15.9 Å². The first-order valence-electron chi connectivity index (χ1n) is 6.98. The molecule has 102 valence electrons. The normalized spacial score (nSPS) is 25.1. The Balaban J connectivity index is 2.15. The molecule has 2 unspecified atom stereocenters. The van der Waals surface area contributed by atoms with E-state index in [1.807, 2.05) is 4.68 Å². The molecule has 3 nitrogen and oxygen atoms in total. The molecular weight excluding hydrogens is 290 g/mol. The molecular formula is C14H24BrN3. The van der Waals surface area contributed by atoms with Crippen molar-refractivity contribution < 1.29 is 0 Å². The van der Waals surface area contributed by atoms with Crippen molar-refractivity contribution in [3.8, 4) is 0 Å². The van der Waals surface area contributed by atoms with Crippen LogP contribution < -0.4 is 5.32 Å². The molecule has 18 heavy (non-hydrogen) atoms. The van der Waals surface area contributed by atoms with Crippen molar-refractivity contribution in [2.45, 2.75) is 51.5 Å². The van der Waals surface area contributed by atoms with Crippen LogP contribution in [0.5, 0.6) is 0 Å². The van der Waals surface area contributed by atoms with E-state index in [-0.39, 0.29) is 0 Å². The van der Waals surface area contributed by atoms with E-state index in [1.54, 1.807) is 0 Å². The predicted octanol–water partition coefficient (Wildman–Crippen LogP) is 3.20. The monoisotopic (exact) mass is 313 g/mol. The van der Waals surface area contributed by atoms with Gasteiger partial charge in [-0.05, 0) is 55.1 Å². The van der Waals surface area contributed by atoms with Crippen LogP contribution in [0.4, 0.5) is 0 Å². The smallest absolute Gasteiger partial charge is 0.0738 e. The molecule has 0 bridgehead atoms. The lowest BCUT2D eigenvalue weighted by molar-refractivity contribution is 0.343. The molecule has 1 aromatic heterocycles. The Bertz CT molecular complexity index is 400. The molecule has 0 spiro atoms. The van der Waals surface area contributed by atoms with Gasteiger partial charge in [-0.1, -0.05) is 19.3 Å². The van der Waals surface area contributed by atoms with Crippen LogP contribution in [0, 0.1) is 12.8 Å². The molecule has 0 radical (unpaired) electrons. The van der Waals surface area contributed by atoms with Gasteiger partial charge in [0, 0.05) is 13.1 Å². The van der Waals surface area contributed by atoms with Crippen molar-refractivity contribution in [1.29, 1.82) is 0 Å². The average molecular weight is 314 g/mol. The third-order valence-electron chi connectivity index (χ3n) is 4.25. The van der Waals surface area contributed by atoms with Crippen LogP contribution in [-0.4, -0.2) is 22.9 Å². The fraction of sp³-hybridized carbons (Fsp3) is 0.786. The summed E-state index contributed by atoms with van der Waals surface area (Å²) in [4.78, 5) is 0. The number of aryl methyl sites for hydroxylation is 2. The molecule has 0 aromatic carbocycles. The molecule has 1 saturated carbocycles. The number of hydrogen-bond donors (Lipinski definition) is 1. The van der Waals surface area contributed by atoms with Gasteiger partial charge in [-0.3, -0.25) is 4.68 Å². The maximum Gasteiger partial charge on any atom is 0.0738 e. The fourth-order valence-electron chi connectivity index (χ4n) is 3.16. The minimum atomic E-state index is 0.662. The molecule has 1 aromatic rings. The zero-order chi connectivity index (χ0) is 13.1. The van der Waals surface area contributed by atoms with Gasteiger partial charge < -0.3 is 5.32 Å². The second-order valence-electron chi connectivity index (χ2n) is 5.47. The summed E-state index contributed by atoms with van der Waals surface area (Å²) in [6.45, 7) is 2.07. The standard InChI is InChI=1S/C14H24BrN3/c1-10-14(15)13(18(3)17-10)9-11-7-5-4-6-8-12(11)16-2/h11-12,16H,4-9H2,1-3H3. The molecule has 0 aliphatic heterocycles. The first kappa shape index (κ1) is 14.1. The molecule has 4 heteroatoms. The average Bonchev–Trinajstić information content (AvgIpc) is 2.56. The summed E-state index contributed by atoms with van der Waals surface area (Å²) >= 11 is 3.69. The van der Waals surface area contributed by atoms with Gasteiger partial charge >= 0.3 is 0 Å². The highest BCUT2D eigenvalue weighted by molar-refractivity contribution is 9.10. The Morgan fingerprint density at radius 3 is 2.67 bits per heavy atom. The van der Waals surface area contributed by atoms with Gasteiger partial charge in [-0.15, -0.1) is 0 Å². The van der Waals surface area contributed by atoms with E-state index in [0.717, 1.165) is 18.0 Å². The third-order valence-corrected chi connectivity index (χ3v) is 5.28. The van der Waals surface area contributed by atoms with Crippen molar-refractivity contribution in [1.82, 2.24) is 15.1 Å². The Morgan fingerprint density at radius 2 is 2.06 bits per heavy atom. The molecule has 0 amide bonds. The highest BCUT2D eigenvalue weighted by Crippen LogP contribution is 2.30. The van der Waals surface area contributed by atoms with E-state index in [2.05, 4.69) is 47.4 Å². The van der Waals surface area contributed by atoms with Gasteiger partial charge in [0.25, 0.3) is 0 Å². The van der Waals surface area contributed by atoms with Crippen molar-refractivity contribution in [2.24, 2.45) is 13.0 Å². The first-order valence-corrected chi connectivity index (χ1v) is 7.78. The summed E-state index contributed by atoms with van der Waals surface area (Å²) in [5, 5.41) is 8.01. The minimum absolute atomic E-state index is 0.662. The predicted molar refractivity (Wildman–Crippen MR) is 78.8 cm³/mol. The van der Waals surface area contributed by atoms with E-state index in [1.165, 1.54) is 42.3 Å². The maximum absolute atomic E-state index is 4.50. The molecule has 0 saturated heterocycles. The second kappa shape index (κ2) is 6.20. The highest BCUT2D eigenvalue weighted by atomic mass is 79.9. The summed E-state index contributed by atoms with van der Waals surface area (Å²) in [5.74, 6) is 0.739. The van der Waals surface area contributed by atoms with E-state index in [4.69, 9.17) is 0 Å². The molecule has 1 fully saturated rings. The zero-order valence-electron chi connectivity index (χ0n) is 11.7.